The Hall–Kier alpha value is -4.14. The smallest absolute Gasteiger partial charge is 0.507 e. The summed E-state index contributed by atoms with van der Waals surface area (Å²) in [7, 11) is 0. The van der Waals surface area contributed by atoms with Crippen molar-refractivity contribution in [1.82, 2.24) is 4.98 Å². The van der Waals surface area contributed by atoms with Crippen molar-refractivity contribution in [2.45, 2.75) is 26.3 Å². The van der Waals surface area contributed by atoms with E-state index in [2.05, 4.69) is 9.72 Å². The van der Waals surface area contributed by atoms with Crippen LogP contribution in [0.3, 0.4) is 0 Å². The number of aromatic nitrogens is 1. The van der Waals surface area contributed by atoms with Crippen molar-refractivity contribution in [2.75, 3.05) is 4.90 Å². The SMILES string of the molecule is Cc1ccc(/C(O)=C2\C(=O)C(=O)N(c3cccc(OC(F)(F)F)c3)C2c2ccncc2)cc1C. The number of hydrogen-bond acceptors (Lipinski definition) is 5. The van der Waals surface area contributed by atoms with Crippen LogP contribution in [0, 0.1) is 13.8 Å². The van der Waals surface area contributed by atoms with E-state index in [0.29, 0.717) is 11.1 Å². The summed E-state index contributed by atoms with van der Waals surface area (Å²) in [6.07, 6.45) is -2.02. The largest absolute Gasteiger partial charge is 0.573 e. The molecular formula is C25H19F3N2O4. The first kappa shape index (κ1) is 23.0. The minimum Gasteiger partial charge on any atom is -0.507 e. The number of aliphatic hydroxyl groups excluding tert-OH is 1. The lowest BCUT2D eigenvalue weighted by Crippen LogP contribution is -2.29. The van der Waals surface area contributed by atoms with Crippen molar-refractivity contribution < 1.29 is 32.6 Å². The van der Waals surface area contributed by atoms with E-state index in [1.54, 1.807) is 30.3 Å². The van der Waals surface area contributed by atoms with Crippen LogP contribution in [0.1, 0.15) is 28.3 Å². The molecule has 2 aromatic carbocycles. The lowest BCUT2D eigenvalue weighted by atomic mass is 9.94. The first-order valence-corrected chi connectivity index (χ1v) is 10.2. The molecule has 1 atom stereocenters. The van der Waals surface area contributed by atoms with Gasteiger partial charge in [0, 0.05) is 29.7 Å². The van der Waals surface area contributed by atoms with Crippen molar-refractivity contribution >= 4 is 23.1 Å². The summed E-state index contributed by atoms with van der Waals surface area (Å²) in [6.45, 7) is 3.74. The number of rotatable bonds is 4. The van der Waals surface area contributed by atoms with Crippen LogP contribution < -0.4 is 9.64 Å². The van der Waals surface area contributed by atoms with E-state index in [9.17, 15) is 27.9 Å². The van der Waals surface area contributed by atoms with E-state index >= 15 is 0 Å². The fraction of sp³-hybridized carbons (Fsp3) is 0.160. The molecule has 0 saturated carbocycles. The van der Waals surface area contributed by atoms with Crippen LogP contribution in [0.5, 0.6) is 5.75 Å². The third-order valence-corrected chi connectivity index (χ3v) is 5.58. The highest BCUT2D eigenvalue weighted by Crippen LogP contribution is 2.43. The van der Waals surface area contributed by atoms with Gasteiger partial charge in [0.15, 0.2) is 0 Å². The Morgan fingerprint density at radius 1 is 1.00 bits per heavy atom. The van der Waals surface area contributed by atoms with Crippen LogP contribution in [0.4, 0.5) is 18.9 Å². The molecule has 1 saturated heterocycles. The maximum absolute atomic E-state index is 13.1. The quantitative estimate of drug-likeness (QED) is 0.323. The van der Waals surface area contributed by atoms with Crippen LogP contribution in [-0.4, -0.2) is 28.1 Å². The molecule has 34 heavy (non-hydrogen) atoms. The Morgan fingerprint density at radius 3 is 2.35 bits per heavy atom. The van der Waals surface area contributed by atoms with E-state index in [0.717, 1.165) is 28.2 Å². The zero-order chi connectivity index (χ0) is 24.6. The van der Waals surface area contributed by atoms with Gasteiger partial charge in [-0.1, -0.05) is 18.2 Å². The molecule has 2 heterocycles. The zero-order valence-electron chi connectivity index (χ0n) is 18.1. The number of amides is 1. The van der Waals surface area contributed by atoms with Gasteiger partial charge in [-0.25, -0.2) is 0 Å². The molecule has 1 unspecified atom stereocenters. The molecule has 1 aromatic heterocycles. The van der Waals surface area contributed by atoms with Gasteiger partial charge in [0.2, 0.25) is 0 Å². The summed E-state index contributed by atoms with van der Waals surface area (Å²) in [6, 6.07) is 11.9. The van der Waals surface area contributed by atoms with E-state index in [1.165, 1.54) is 24.5 Å². The van der Waals surface area contributed by atoms with E-state index in [4.69, 9.17) is 0 Å². The lowest BCUT2D eigenvalue weighted by molar-refractivity contribution is -0.274. The van der Waals surface area contributed by atoms with E-state index in [1.807, 2.05) is 13.8 Å². The Morgan fingerprint density at radius 2 is 1.71 bits per heavy atom. The predicted octanol–water partition coefficient (Wildman–Crippen LogP) is 5.22. The Bertz CT molecular complexity index is 1300. The van der Waals surface area contributed by atoms with Gasteiger partial charge in [0.1, 0.15) is 11.5 Å². The first-order valence-electron chi connectivity index (χ1n) is 10.2. The molecule has 6 nitrogen and oxygen atoms in total. The molecule has 0 spiro atoms. The monoisotopic (exact) mass is 468 g/mol. The van der Waals surface area contributed by atoms with Crippen LogP contribution in [0.25, 0.3) is 5.76 Å². The summed E-state index contributed by atoms with van der Waals surface area (Å²) in [5, 5.41) is 11.1. The lowest BCUT2D eigenvalue weighted by Gasteiger charge is -2.25. The van der Waals surface area contributed by atoms with Crippen LogP contribution in [-0.2, 0) is 9.59 Å². The molecule has 3 aromatic rings. The van der Waals surface area contributed by atoms with Crippen molar-refractivity contribution in [3.8, 4) is 5.75 Å². The molecule has 0 aliphatic carbocycles. The molecule has 1 N–H and O–H groups in total. The second kappa shape index (κ2) is 8.66. The summed E-state index contributed by atoms with van der Waals surface area (Å²) in [5.74, 6) is -2.88. The van der Waals surface area contributed by atoms with Crippen molar-refractivity contribution in [3.63, 3.8) is 0 Å². The molecule has 4 rings (SSSR count). The van der Waals surface area contributed by atoms with E-state index < -0.39 is 29.8 Å². The fourth-order valence-corrected chi connectivity index (χ4v) is 3.83. The maximum atomic E-state index is 13.1. The van der Waals surface area contributed by atoms with Gasteiger partial charge >= 0.3 is 6.36 Å². The van der Waals surface area contributed by atoms with Gasteiger partial charge in [-0.3, -0.25) is 19.5 Å². The number of aryl methyl sites for hydroxylation is 2. The summed E-state index contributed by atoms with van der Waals surface area (Å²) >= 11 is 0. The number of ether oxygens (including phenoxy) is 1. The number of anilines is 1. The van der Waals surface area contributed by atoms with Crippen molar-refractivity contribution in [3.05, 3.63) is 94.8 Å². The van der Waals surface area contributed by atoms with Gasteiger partial charge in [-0.05, 0) is 60.9 Å². The second-order valence-corrected chi connectivity index (χ2v) is 7.79. The normalized spacial score (nSPS) is 17.8. The molecule has 9 heteroatoms. The van der Waals surface area contributed by atoms with Crippen LogP contribution >= 0.6 is 0 Å². The number of halogens is 3. The average Bonchev–Trinajstić information content (AvgIpc) is 3.05. The summed E-state index contributed by atoms with van der Waals surface area (Å²) < 4.78 is 42.2. The molecule has 1 aliphatic rings. The minimum atomic E-state index is -4.93. The molecule has 1 fully saturated rings. The van der Waals surface area contributed by atoms with Crippen molar-refractivity contribution in [1.29, 1.82) is 0 Å². The minimum absolute atomic E-state index is 0.00444. The fourth-order valence-electron chi connectivity index (χ4n) is 3.83. The number of alkyl halides is 3. The third-order valence-electron chi connectivity index (χ3n) is 5.58. The van der Waals surface area contributed by atoms with Gasteiger partial charge < -0.3 is 9.84 Å². The number of nitrogens with zero attached hydrogens (tertiary/aromatic N) is 2. The topological polar surface area (TPSA) is 79.7 Å². The molecule has 1 amide bonds. The number of ketones is 1. The van der Waals surface area contributed by atoms with Gasteiger partial charge in [0.25, 0.3) is 11.7 Å². The molecular weight excluding hydrogens is 449 g/mol. The highest BCUT2D eigenvalue weighted by Gasteiger charge is 2.47. The van der Waals surface area contributed by atoms with Gasteiger partial charge in [-0.2, -0.15) is 0 Å². The van der Waals surface area contributed by atoms with Crippen LogP contribution in [0.2, 0.25) is 0 Å². The molecule has 1 aliphatic heterocycles. The summed E-state index contributed by atoms with van der Waals surface area (Å²) in [5.41, 5.74) is 2.46. The number of hydrogen-bond donors (Lipinski definition) is 1. The summed E-state index contributed by atoms with van der Waals surface area (Å²) in [4.78, 5) is 31.2. The Labute approximate surface area is 192 Å². The van der Waals surface area contributed by atoms with Gasteiger partial charge in [0.05, 0.1) is 11.6 Å². The number of aliphatic hydroxyl groups is 1. The standard InChI is InChI=1S/C25H19F3N2O4/c1-14-6-7-17(12-15(14)2)22(31)20-21(16-8-10-29-11-9-16)30(24(33)23(20)32)18-4-3-5-19(13-18)34-25(26,27)28/h3-13,21,31H,1-2H3/b22-20+. The average molecular weight is 468 g/mol. The maximum Gasteiger partial charge on any atom is 0.573 e. The Kier molecular flexibility index (Phi) is 5.87. The molecule has 174 valence electrons. The second-order valence-electron chi connectivity index (χ2n) is 7.79. The highest BCUT2D eigenvalue weighted by molar-refractivity contribution is 6.51. The first-order chi connectivity index (χ1) is 16.1. The molecule has 0 bridgehead atoms. The third kappa shape index (κ3) is 4.36. The Balaban J connectivity index is 1.90. The van der Waals surface area contributed by atoms with Crippen LogP contribution in [0.15, 0.2) is 72.6 Å². The number of carbonyl (C=O) groups is 2. The predicted molar refractivity (Wildman–Crippen MR) is 118 cm³/mol. The number of benzene rings is 2. The zero-order valence-corrected chi connectivity index (χ0v) is 18.1. The number of Topliss-reactive ketones (excluding diaryl/α,β-unsaturated/α-hetero) is 1. The number of pyridine rings is 1. The highest BCUT2D eigenvalue weighted by atomic mass is 19.4. The van der Waals surface area contributed by atoms with E-state index in [-0.39, 0.29) is 17.0 Å². The van der Waals surface area contributed by atoms with Gasteiger partial charge in [-0.15, -0.1) is 13.2 Å². The number of carbonyl (C=O) groups excluding carboxylic acids is 2. The molecule has 0 radical (unpaired) electrons. The van der Waals surface area contributed by atoms with Crippen molar-refractivity contribution in [2.24, 2.45) is 0 Å².